The molecule has 3 rings (SSSR count). The molecular weight excluding hydrogens is 328 g/mol. The molecule has 0 unspecified atom stereocenters. The Labute approximate surface area is 154 Å². The van der Waals surface area contributed by atoms with Gasteiger partial charge in [0.25, 0.3) is 0 Å². The Morgan fingerprint density at radius 1 is 1.16 bits per heavy atom. The van der Waals surface area contributed by atoms with E-state index in [9.17, 15) is 0 Å². The highest BCUT2D eigenvalue weighted by Gasteiger charge is 2.21. The van der Waals surface area contributed by atoms with E-state index >= 15 is 0 Å². The minimum atomic E-state index is 0.0349. The average Bonchev–Trinajstić information content (AvgIpc) is 3.00. The fourth-order valence-corrected chi connectivity index (χ4v) is 3.91. The lowest BCUT2D eigenvalue weighted by Gasteiger charge is -2.24. The number of ether oxygens (including phenoxy) is 1. The van der Waals surface area contributed by atoms with Crippen molar-refractivity contribution in [2.24, 2.45) is 0 Å². The van der Waals surface area contributed by atoms with E-state index in [0.717, 1.165) is 34.9 Å². The van der Waals surface area contributed by atoms with Crippen LogP contribution in [0.5, 0.6) is 5.75 Å². The lowest BCUT2D eigenvalue weighted by Crippen LogP contribution is -2.13. The van der Waals surface area contributed by atoms with E-state index in [2.05, 4.69) is 74.4 Å². The van der Waals surface area contributed by atoms with Crippen LogP contribution in [0.25, 0.3) is 21.3 Å². The first-order valence-corrected chi connectivity index (χ1v) is 9.58. The van der Waals surface area contributed by atoms with Crippen molar-refractivity contribution in [1.29, 1.82) is 0 Å². The van der Waals surface area contributed by atoms with Crippen LogP contribution >= 0.6 is 11.3 Å². The van der Waals surface area contributed by atoms with Crippen LogP contribution in [-0.4, -0.2) is 18.6 Å². The molecule has 0 saturated heterocycles. The van der Waals surface area contributed by atoms with E-state index < -0.39 is 0 Å². The third-order valence-corrected chi connectivity index (χ3v) is 5.23. The molecule has 1 aromatic heterocycles. The normalized spacial score (nSPS) is 11.7. The molecule has 0 radical (unpaired) electrons. The van der Waals surface area contributed by atoms with Gasteiger partial charge in [-0.3, -0.25) is 0 Å². The van der Waals surface area contributed by atoms with E-state index in [-0.39, 0.29) is 5.41 Å². The molecule has 0 aliphatic heterocycles. The van der Waals surface area contributed by atoms with Gasteiger partial charge in [-0.05, 0) is 29.5 Å². The largest absolute Gasteiger partial charge is 0.496 e. The zero-order valence-corrected chi connectivity index (χ0v) is 16.5. The lowest BCUT2D eigenvalue weighted by atomic mass is 9.84. The summed E-state index contributed by atoms with van der Waals surface area (Å²) in [6, 6.07) is 12.8. The highest BCUT2D eigenvalue weighted by Crippen LogP contribution is 2.40. The summed E-state index contributed by atoms with van der Waals surface area (Å²) in [5.74, 6) is 0.961. The molecule has 2 aromatic carbocycles. The molecule has 0 amide bonds. The molecule has 1 N–H and O–H groups in total. The van der Waals surface area contributed by atoms with Gasteiger partial charge in [-0.25, -0.2) is 4.98 Å². The van der Waals surface area contributed by atoms with E-state index in [4.69, 9.17) is 4.74 Å². The number of anilines is 1. The van der Waals surface area contributed by atoms with Crippen molar-refractivity contribution < 1.29 is 4.74 Å². The zero-order chi connectivity index (χ0) is 18.0. The summed E-state index contributed by atoms with van der Waals surface area (Å²) in [4.78, 5) is 4.66. The molecule has 132 valence electrons. The number of nitrogens with one attached hydrogen (secondary N) is 1. The topological polar surface area (TPSA) is 34.2 Å². The van der Waals surface area contributed by atoms with Gasteiger partial charge in [0.1, 0.15) is 5.75 Å². The summed E-state index contributed by atoms with van der Waals surface area (Å²) < 4.78 is 7.00. The summed E-state index contributed by atoms with van der Waals surface area (Å²) >= 11 is 1.71. The van der Waals surface area contributed by atoms with Gasteiger partial charge < -0.3 is 10.1 Å². The second kappa shape index (κ2) is 7.04. The Morgan fingerprint density at radius 2 is 1.96 bits per heavy atom. The summed E-state index contributed by atoms with van der Waals surface area (Å²) in [5.41, 5.74) is 4.60. The first-order chi connectivity index (χ1) is 11.9. The molecule has 0 bridgehead atoms. The Kier molecular flexibility index (Phi) is 5.00. The summed E-state index contributed by atoms with van der Waals surface area (Å²) in [5, 5.41) is 4.37. The van der Waals surface area contributed by atoms with Gasteiger partial charge in [0.15, 0.2) is 5.13 Å². The monoisotopic (exact) mass is 354 g/mol. The molecule has 1 heterocycles. The molecule has 3 nitrogen and oxygen atoms in total. The fourth-order valence-electron chi connectivity index (χ4n) is 2.97. The quantitative estimate of drug-likeness (QED) is 0.602. The molecule has 0 aliphatic carbocycles. The molecule has 25 heavy (non-hydrogen) atoms. The van der Waals surface area contributed by atoms with Crippen LogP contribution in [0.4, 0.5) is 5.13 Å². The van der Waals surface area contributed by atoms with Crippen LogP contribution in [0.3, 0.4) is 0 Å². The number of methoxy groups -OCH3 is 1. The summed E-state index contributed by atoms with van der Waals surface area (Å²) in [6.45, 7) is 9.76. The zero-order valence-electron chi connectivity index (χ0n) is 15.6. The third-order valence-electron chi connectivity index (χ3n) is 4.25. The lowest BCUT2D eigenvalue weighted by molar-refractivity contribution is 0.399. The molecule has 0 aliphatic rings. The van der Waals surface area contributed by atoms with Crippen LogP contribution in [-0.2, 0) is 5.41 Å². The van der Waals surface area contributed by atoms with Crippen molar-refractivity contribution >= 4 is 26.7 Å². The number of nitrogens with zero attached hydrogens (tertiary/aromatic N) is 1. The Bertz CT molecular complexity index is 877. The van der Waals surface area contributed by atoms with Crippen LogP contribution in [0.2, 0.25) is 0 Å². The number of fused-ring (bicyclic) bond motifs is 1. The molecule has 0 spiro atoms. The van der Waals surface area contributed by atoms with E-state index in [0.29, 0.717) is 0 Å². The first-order valence-electron chi connectivity index (χ1n) is 8.76. The Balaban J connectivity index is 2.07. The van der Waals surface area contributed by atoms with Gasteiger partial charge in [0.2, 0.25) is 0 Å². The summed E-state index contributed by atoms with van der Waals surface area (Å²) in [7, 11) is 1.76. The minimum Gasteiger partial charge on any atom is -0.496 e. The number of thiazole rings is 1. The van der Waals surface area contributed by atoms with Gasteiger partial charge in [-0.15, -0.1) is 0 Å². The maximum atomic E-state index is 5.80. The summed E-state index contributed by atoms with van der Waals surface area (Å²) in [6.07, 6.45) is 1.10. The van der Waals surface area contributed by atoms with Crippen LogP contribution in [0.1, 0.15) is 39.7 Å². The standard InChI is InChI=1S/C21H26N2OS/c1-6-12-22-20-23-17-11-10-14(13-18(17)25-20)15-8-7-9-16(19(15)24-5)21(2,3)4/h7-11,13H,6,12H2,1-5H3,(H,22,23). The van der Waals surface area contributed by atoms with E-state index in [1.54, 1.807) is 18.4 Å². The van der Waals surface area contributed by atoms with Crippen molar-refractivity contribution in [3.8, 4) is 16.9 Å². The highest BCUT2D eigenvalue weighted by atomic mass is 32.1. The maximum Gasteiger partial charge on any atom is 0.183 e. The predicted molar refractivity (Wildman–Crippen MR) is 109 cm³/mol. The fraction of sp³-hybridized carbons (Fsp3) is 0.381. The van der Waals surface area contributed by atoms with Crippen LogP contribution < -0.4 is 10.1 Å². The minimum absolute atomic E-state index is 0.0349. The van der Waals surface area contributed by atoms with Crippen molar-refractivity contribution in [2.75, 3.05) is 19.0 Å². The van der Waals surface area contributed by atoms with E-state index in [1.165, 1.54) is 15.8 Å². The molecule has 3 aromatic rings. The van der Waals surface area contributed by atoms with E-state index in [1.807, 2.05) is 0 Å². The number of hydrogen-bond acceptors (Lipinski definition) is 4. The van der Waals surface area contributed by atoms with Gasteiger partial charge in [0, 0.05) is 17.7 Å². The average molecular weight is 355 g/mol. The van der Waals surface area contributed by atoms with Gasteiger partial charge in [-0.2, -0.15) is 0 Å². The van der Waals surface area contributed by atoms with Crippen molar-refractivity contribution in [2.45, 2.75) is 39.5 Å². The Hall–Kier alpha value is -2.07. The van der Waals surface area contributed by atoms with Crippen molar-refractivity contribution in [3.05, 3.63) is 42.0 Å². The molecule has 0 saturated carbocycles. The van der Waals surface area contributed by atoms with Gasteiger partial charge >= 0.3 is 0 Å². The molecule has 0 atom stereocenters. The number of hydrogen-bond donors (Lipinski definition) is 1. The highest BCUT2D eigenvalue weighted by molar-refractivity contribution is 7.22. The number of rotatable bonds is 5. The molecular formula is C21H26N2OS. The second-order valence-corrected chi connectivity index (χ2v) is 8.30. The second-order valence-electron chi connectivity index (χ2n) is 7.26. The maximum absolute atomic E-state index is 5.80. The molecule has 4 heteroatoms. The smallest absolute Gasteiger partial charge is 0.183 e. The Morgan fingerprint density at radius 3 is 2.64 bits per heavy atom. The number of benzene rings is 2. The molecule has 0 fully saturated rings. The van der Waals surface area contributed by atoms with Gasteiger partial charge in [0.05, 0.1) is 17.3 Å². The van der Waals surface area contributed by atoms with Gasteiger partial charge in [-0.1, -0.05) is 63.3 Å². The SMILES string of the molecule is CCCNc1nc2ccc(-c3cccc(C(C)(C)C)c3OC)cc2s1. The number of para-hydroxylation sites is 1. The third kappa shape index (κ3) is 3.64. The van der Waals surface area contributed by atoms with Crippen molar-refractivity contribution in [1.82, 2.24) is 4.98 Å². The first kappa shape index (κ1) is 17.7. The van der Waals surface area contributed by atoms with Crippen LogP contribution in [0.15, 0.2) is 36.4 Å². The van der Waals surface area contributed by atoms with Crippen molar-refractivity contribution in [3.63, 3.8) is 0 Å². The predicted octanol–water partition coefficient (Wildman–Crippen LogP) is 6.09. The number of aromatic nitrogens is 1. The van der Waals surface area contributed by atoms with Crippen LogP contribution in [0, 0.1) is 0 Å².